The number of carbonyl (C=O) groups excluding carboxylic acids is 1. The van der Waals surface area contributed by atoms with Gasteiger partial charge in [-0.3, -0.25) is 4.79 Å². The van der Waals surface area contributed by atoms with Gasteiger partial charge in [0, 0.05) is 6.42 Å². The molecule has 33 heavy (non-hydrogen) atoms. The number of aliphatic hydroxyl groups is 1. The van der Waals surface area contributed by atoms with Crippen molar-refractivity contribution in [2.24, 2.45) is 0 Å². The Morgan fingerprint density at radius 3 is 1.70 bits per heavy atom. The van der Waals surface area contributed by atoms with E-state index in [2.05, 4.69) is 9.47 Å². The number of carbonyl (C=O) groups is 1. The number of alkyl halides is 6. The molecule has 2 aromatic carbocycles. The molecule has 4 nitrogen and oxygen atoms in total. The topological polar surface area (TPSA) is 55.8 Å². The SMILES string of the molecule is O=C/C(=C\c1ccc(OC(F)(F)F)cc1)C/C(F)=C(O)/C=C/c1ccc(OC(F)(F)F)cc1. The molecule has 0 saturated heterocycles. The average Bonchev–Trinajstić information content (AvgIpc) is 2.71. The van der Waals surface area contributed by atoms with Gasteiger partial charge >= 0.3 is 12.7 Å². The maximum atomic E-state index is 14.2. The molecule has 0 radical (unpaired) electrons. The monoisotopic (exact) mass is 476 g/mol. The van der Waals surface area contributed by atoms with Crippen molar-refractivity contribution >= 4 is 18.4 Å². The molecule has 0 aromatic heterocycles. The summed E-state index contributed by atoms with van der Waals surface area (Å²) >= 11 is 0. The van der Waals surface area contributed by atoms with Crippen LogP contribution in [0.3, 0.4) is 0 Å². The van der Waals surface area contributed by atoms with Crippen LogP contribution in [0.2, 0.25) is 0 Å². The van der Waals surface area contributed by atoms with Crippen LogP contribution in [0, 0.1) is 0 Å². The molecule has 0 saturated carbocycles. The van der Waals surface area contributed by atoms with Crippen LogP contribution in [0.25, 0.3) is 12.2 Å². The fourth-order valence-electron chi connectivity index (χ4n) is 2.42. The molecule has 0 heterocycles. The lowest BCUT2D eigenvalue weighted by Crippen LogP contribution is -2.16. The number of hydrogen-bond donors (Lipinski definition) is 1. The predicted octanol–water partition coefficient (Wildman–Crippen LogP) is 6.91. The quantitative estimate of drug-likeness (QED) is 0.148. The molecule has 0 unspecified atom stereocenters. The predicted molar refractivity (Wildman–Crippen MR) is 105 cm³/mol. The smallest absolute Gasteiger partial charge is 0.505 e. The molecule has 0 bridgehead atoms. The Balaban J connectivity index is 2.06. The van der Waals surface area contributed by atoms with Gasteiger partial charge in [-0.1, -0.05) is 30.3 Å². The Labute approximate surface area is 182 Å². The van der Waals surface area contributed by atoms with Gasteiger partial charge in [0.25, 0.3) is 0 Å². The van der Waals surface area contributed by atoms with Gasteiger partial charge in [-0.2, -0.15) is 0 Å². The second-order valence-corrected chi connectivity index (χ2v) is 6.37. The molecule has 2 aromatic rings. The number of allylic oxidation sites excluding steroid dienone is 3. The van der Waals surface area contributed by atoms with Crippen molar-refractivity contribution in [2.45, 2.75) is 19.1 Å². The van der Waals surface area contributed by atoms with Crippen molar-refractivity contribution in [2.75, 3.05) is 0 Å². The summed E-state index contributed by atoms with van der Waals surface area (Å²) in [7, 11) is 0. The lowest BCUT2D eigenvalue weighted by molar-refractivity contribution is -0.275. The Morgan fingerprint density at radius 2 is 1.27 bits per heavy atom. The molecule has 0 fully saturated rings. The first kappa shape index (κ1) is 25.5. The normalized spacial score (nSPS) is 13.6. The van der Waals surface area contributed by atoms with Crippen LogP contribution in [0.5, 0.6) is 11.5 Å². The van der Waals surface area contributed by atoms with Crippen LogP contribution in [0.15, 0.2) is 71.8 Å². The van der Waals surface area contributed by atoms with E-state index in [1.807, 2.05) is 0 Å². The van der Waals surface area contributed by atoms with E-state index in [4.69, 9.17) is 0 Å². The zero-order valence-corrected chi connectivity index (χ0v) is 16.5. The van der Waals surface area contributed by atoms with E-state index in [1.54, 1.807) is 0 Å². The first-order valence-electron chi connectivity index (χ1n) is 8.98. The Bertz CT molecular complexity index is 1030. The van der Waals surface area contributed by atoms with Gasteiger partial charge in [-0.15, -0.1) is 26.3 Å². The van der Waals surface area contributed by atoms with E-state index in [0.29, 0.717) is 11.8 Å². The van der Waals surface area contributed by atoms with Gasteiger partial charge in [0.05, 0.1) is 0 Å². The molecule has 176 valence electrons. The highest BCUT2D eigenvalue weighted by Gasteiger charge is 2.31. The van der Waals surface area contributed by atoms with Crippen molar-refractivity contribution < 1.29 is 50.1 Å². The van der Waals surface area contributed by atoms with Crippen LogP contribution < -0.4 is 9.47 Å². The van der Waals surface area contributed by atoms with Crippen LogP contribution in [-0.4, -0.2) is 24.1 Å². The van der Waals surface area contributed by atoms with E-state index in [1.165, 1.54) is 36.4 Å². The largest absolute Gasteiger partial charge is 0.573 e. The molecule has 0 aliphatic carbocycles. The second kappa shape index (κ2) is 10.7. The Hall–Kier alpha value is -3.76. The first-order valence-corrected chi connectivity index (χ1v) is 8.98. The van der Waals surface area contributed by atoms with E-state index in [-0.39, 0.29) is 11.1 Å². The minimum atomic E-state index is -4.86. The van der Waals surface area contributed by atoms with Gasteiger partial charge in [-0.05, 0) is 53.1 Å². The molecule has 0 aliphatic heterocycles. The number of benzene rings is 2. The van der Waals surface area contributed by atoms with Crippen molar-refractivity contribution in [3.63, 3.8) is 0 Å². The highest BCUT2D eigenvalue weighted by Crippen LogP contribution is 2.25. The zero-order chi connectivity index (χ0) is 24.6. The Kier molecular flexibility index (Phi) is 8.27. The summed E-state index contributed by atoms with van der Waals surface area (Å²) in [4.78, 5) is 11.2. The van der Waals surface area contributed by atoms with Crippen molar-refractivity contribution in [1.29, 1.82) is 0 Å². The summed E-state index contributed by atoms with van der Waals surface area (Å²) in [6, 6.07) is 9.01. The number of hydrogen-bond acceptors (Lipinski definition) is 4. The maximum Gasteiger partial charge on any atom is 0.573 e. The molecule has 2 rings (SSSR count). The highest BCUT2D eigenvalue weighted by atomic mass is 19.4. The van der Waals surface area contributed by atoms with E-state index in [0.717, 1.165) is 30.3 Å². The molecule has 0 aliphatic rings. The number of aliphatic hydroxyl groups excluding tert-OH is 1. The summed E-state index contributed by atoms with van der Waals surface area (Å²) in [6.45, 7) is 0. The third kappa shape index (κ3) is 9.50. The van der Waals surface area contributed by atoms with Gasteiger partial charge in [0.2, 0.25) is 0 Å². The van der Waals surface area contributed by atoms with Gasteiger partial charge in [-0.25, -0.2) is 4.39 Å². The molecule has 0 amide bonds. The van der Waals surface area contributed by atoms with E-state index in [9.17, 15) is 40.6 Å². The van der Waals surface area contributed by atoms with Crippen LogP contribution in [0.1, 0.15) is 17.5 Å². The maximum absolute atomic E-state index is 14.2. The molecular formula is C22H15F7O4. The summed E-state index contributed by atoms with van der Waals surface area (Å²) in [5, 5.41) is 9.82. The number of ether oxygens (including phenoxy) is 2. The molecule has 0 atom stereocenters. The van der Waals surface area contributed by atoms with Crippen LogP contribution in [-0.2, 0) is 4.79 Å². The molecule has 1 N–H and O–H groups in total. The van der Waals surface area contributed by atoms with Crippen LogP contribution >= 0.6 is 0 Å². The van der Waals surface area contributed by atoms with Crippen molar-refractivity contribution in [3.8, 4) is 11.5 Å². The fraction of sp³-hybridized carbons (Fsp3) is 0.136. The molecular weight excluding hydrogens is 461 g/mol. The summed E-state index contributed by atoms with van der Waals surface area (Å²) < 4.78 is 94.6. The fourth-order valence-corrected chi connectivity index (χ4v) is 2.42. The standard InChI is InChI=1S/C22H15F7O4/c23-19(20(31)10-5-14-1-6-17(7-2-14)32-21(24,25)26)12-16(13-30)11-15-3-8-18(9-4-15)33-22(27,28)29/h1-11,13,31H,12H2/b10-5+,16-11-,20-19+. The highest BCUT2D eigenvalue weighted by molar-refractivity contribution is 5.82. The van der Waals surface area contributed by atoms with Gasteiger partial charge in [0.1, 0.15) is 29.4 Å². The summed E-state index contributed by atoms with van der Waals surface area (Å²) in [5.74, 6) is -2.84. The number of rotatable bonds is 8. The minimum Gasteiger partial charge on any atom is -0.505 e. The third-order valence-electron chi connectivity index (χ3n) is 3.80. The van der Waals surface area contributed by atoms with Crippen molar-refractivity contribution in [3.05, 3.63) is 82.9 Å². The minimum absolute atomic E-state index is 0.120. The lowest BCUT2D eigenvalue weighted by Gasteiger charge is -2.08. The van der Waals surface area contributed by atoms with E-state index >= 15 is 0 Å². The average molecular weight is 476 g/mol. The van der Waals surface area contributed by atoms with Gasteiger partial charge < -0.3 is 14.6 Å². The van der Waals surface area contributed by atoms with Gasteiger partial charge in [0.15, 0.2) is 0 Å². The lowest BCUT2D eigenvalue weighted by atomic mass is 10.1. The van der Waals surface area contributed by atoms with Crippen molar-refractivity contribution in [1.82, 2.24) is 0 Å². The second-order valence-electron chi connectivity index (χ2n) is 6.37. The first-order chi connectivity index (χ1) is 15.3. The van der Waals surface area contributed by atoms with E-state index < -0.39 is 42.2 Å². The third-order valence-corrected chi connectivity index (χ3v) is 3.80. The number of aldehydes is 1. The number of halogens is 7. The summed E-state index contributed by atoms with van der Waals surface area (Å²) in [5.41, 5.74) is 0.498. The molecule has 0 spiro atoms. The summed E-state index contributed by atoms with van der Waals surface area (Å²) in [6.07, 6.45) is -6.63. The van der Waals surface area contributed by atoms with Crippen LogP contribution in [0.4, 0.5) is 30.7 Å². The Morgan fingerprint density at radius 1 is 0.818 bits per heavy atom. The molecule has 11 heteroatoms. The zero-order valence-electron chi connectivity index (χ0n) is 16.5.